The van der Waals surface area contributed by atoms with Crippen LogP contribution < -0.4 is 10.1 Å². The van der Waals surface area contributed by atoms with E-state index >= 15 is 0 Å². The van der Waals surface area contributed by atoms with Crippen molar-refractivity contribution in [3.8, 4) is 17.1 Å². The van der Waals surface area contributed by atoms with Crippen LogP contribution in [-0.2, 0) is 18.3 Å². The van der Waals surface area contributed by atoms with Crippen LogP contribution in [0.5, 0.6) is 5.75 Å². The third-order valence-corrected chi connectivity index (χ3v) is 5.61. The summed E-state index contributed by atoms with van der Waals surface area (Å²) in [5, 5.41) is 21.2. The molecule has 0 fully saturated rings. The summed E-state index contributed by atoms with van der Waals surface area (Å²) in [6.45, 7) is 4.51. The quantitative estimate of drug-likeness (QED) is 0.577. The van der Waals surface area contributed by atoms with E-state index in [0.717, 1.165) is 22.7 Å². The zero-order valence-electron chi connectivity index (χ0n) is 15.3. The minimum absolute atomic E-state index is 0.155. The second kappa shape index (κ2) is 8.96. The normalized spacial score (nSPS) is 10.8. The molecule has 0 aliphatic rings. The van der Waals surface area contributed by atoms with E-state index in [4.69, 9.17) is 4.74 Å². The maximum Gasteiger partial charge on any atom is 0.236 e. The number of hydrogen-bond acceptors (Lipinski definition) is 8. The third-order valence-electron chi connectivity index (χ3n) is 3.61. The van der Waals surface area contributed by atoms with Crippen LogP contribution in [0.25, 0.3) is 11.4 Å². The molecule has 0 aliphatic carbocycles. The Kier molecular flexibility index (Phi) is 6.40. The summed E-state index contributed by atoms with van der Waals surface area (Å²) in [5.41, 5.74) is 0.867. The van der Waals surface area contributed by atoms with Gasteiger partial charge in [0.05, 0.1) is 17.9 Å². The third kappa shape index (κ3) is 4.64. The highest BCUT2D eigenvalue weighted by Crippen LogP contribution is 2.30. The molecule has 0 saturated heterocycles. The molecule has 27 heavy (non-hydrogen) atoms. The van der Waals surface area contributed by atoms with E-state index in [9.17, 15) is 4.79 Å². The van der Waals surface area contributed by atoms with E-state index in [1.807, 2.05) is 49.7 Å². The van der Waals surface area contributed by atoms with Gasteiger partial charge in [0.2, 0.25) is 11.0 Å². The molecule has 0 unspecified atom stereocenters. The number of carbonyl (C=O) groups is 1. The Bertz CT molecular complexity index is 924. The lowest BCUT2D eigenvalue weighted by Crippen LogP contribution is -2.14. The molecule has 2 heterocycles. The van der Waals surface area contributed by atoms with Crippen molar-refractivity contribution in [2.75, 3.05) is 17.7 Å². The zero-order chi connectivity index (χ0) is 19.2. The lowest BCUT2D eigenvalue weighted by Gasteiger charge is -2.09. The summed E-state index contributed by atoms with van der Waals surface area (Å²) in [7, 11) is 1.87. The summed E-state index contributed by atoms with van der Waals surface area (Å²) in [4.78, 5) is 12.1. The van der Waals surface area contributed by atoms with Crippen LogP contribution in [-0.4, -0.2) is 43.2 Å². The number of rotatable bonds is 8. The Morgan fingerprint density at radius 2 is 2.04 bits per heavy atom. The Hall–Kier alpha value is -2.46. The highest BCUT2D eigenvalue weighted by Gasteiger charge is 2.16. The number of anilines is 1. The molecule has 1 amide bonds. The van der Waals surface area contributed by atoms with E-state index < -0.39 is 0 Å². The molecular formula is C17H20N6O2S2. The van der Waals surface area contributed by atoms with Gasteiger partial charge in [0, 0.05) is 7.05 Å². The number of amides is 1. The zero-order valence-corrected chi connectivity index (χ0v) is 16.9. The first-order chi connectivity index (χ1) is 13.1. The first kappa shape index (κ1) is 19.3. The van der Waals surface area contributed by atoms with Crippen LogP contribution in [0.3, 0.4) is 0 Å². The summed E-state index contributed by atoms with van der Waals surface area (Å²) in [5.74, 6) is 1.50. The number of hydrogen-bond donors (Lipinski definition) is 1. The van der Waals surface area contributed by atoms with Gasteiger partial charge in [0.25, 0.3) is 0 Å². The van der Waals surface area contributed by atoms with Gasteiger partial charge in [0.15, 0.2) is 11.0 Å². The fraction of sp³-hybridized carbons (Fsp3) is 0.353. The Morgan fingerprint density at radius 3 is 2.78 bits per heavy atom. The molecule has 1 N–H and O–H groups in total. The van der Waals surface area contributed by atoms with Crippen molar-refractivity contribution in [1.82, 2.24) is 25.0 Å². The maximum absolute atomic E-state index is 12.1. The Labute approximate surface area is 165 Å². The first-order valence-electron chi connectivity index (χ1n) is 8.49. The first-order valence-corrected chi connectivity index (χ1v) is 10.3. The van der Waals surface area contributed by atoms with Gasteiger partial charge in [-0.05, 0) is 25.5 Å². The molecule has 3 rings (SSSR count). The van der Waals surface area contributed by atoms with Crippen molar-refractivity contribution in [3.05, 3.63) is 29.3 Å². The van der Waals surface area contributed by atoms with Crippen molar-refractivity contribution in [1.29, 1.82) is 0 Å². The Balaban J connectivity index is 1.66. The largest absolute Gasteiger partial charge is 0.493 e. The van der Waals surface area contributed by atoms with Crippen LogP contribution in [0.4, 0.5) is 5.13 Å². The molecule has 0 saturated carbocycles. The molecule has 8 nitrogen and oxygen atoms in total. The molecule has 142 valence electrons. The van der Waals surface area contributed by atoms with E-state index in [1.165, 1.54) is 23.1 Å². The minimum Gasteiger partial charge on any atom is -0.493 e. The van der Waals surface area contributed by atoms with E-state index in [-0.39, 0.29) is 11.7 Å². The van der Waals surface area contributed by atoms with Crippen LogP contribution in [0.15, 0.2) is 29.4 Å². The van der Waals surface area contributed by atoms with Crippen molar-refractivity contribution in [2.24, 2.45) is 7.05 Å². The minimum atomic E-state index is -0.155. The summed E-state index contributed by atoms with van der Waals surface area (Å²) < 4.78 is 7.52. The molecule has 3 aromatic rings. The summed E-state index contributed by atoms with van der Waals surface area (Å²) in [6, 6.07) is 7.69. The molecular weight excluding hydrogens is 384 g/mol. The number of thioether (sulfide) groups is 1. The molecule has 1 aromatic carbocycles. The van der Waals surface area contributed by atoms with Crippen molar-refractivity contribution >= 4 is 34.1 Å². The van der Waals surface area contributed by atoms with Crippen molar-refractivity contribution < 1.29 is 9.53 Å². The van der Waals surface area contributed by atoms with E-state index in [2.05, 4.69) is 25.7 Å². The predicted molar refractivity (Wildman–Crippen MR) is 106 cm³/mol. The number of ether oxygens (including phenoxy) is 1. The molecule has 2 aromatic heterocycles. The van der Waals surface area contributed by atoms with Crippen LogP contribution in [0, 0.1) is 0 Å². The molecule has 0 bridgehead atoms. The molecule has 0 atom stereocenters. The molecule has 0 spiro atoms. The maximum atomic E-state index is 12.1. The van der Waals surface area contributed by atoms with Gasteiger partial charge >= 0.3 is 0 Å². The number of aromatic nitrogens is 5. The summed E-state index contributed by atoms with van der Waals surface area (Å²) >= 11 is 2.70. The van der Waals surface area contributed by atoms with Crippen LogP contribution in [0.1, 0.15) is 18.9 Å². The van der Waals surface area contributed by atoms with E-state index in [0.29, 0.717) is 22.7 Å². The van der Waals surface area contributed by atoms with Gasteiger partial charge in [-0.2, -0.15) is 0 Å². The lowest BCUT2D eigenvalue weighted by atomic mass is 10.2. The number of nitrogens with zero attached hydrogens (tertiary/aromatic N) is 5. The highest BCUT2D eigenvalue weighted by molar-refractivity contribution is 7.99. The van der Waals surface area contributed by atoms with Crippen molar-refractivity contribution in [3.63, 3.8) is 0 Å². The number of carbonyl (C=O) groups excluding carboxylic acids is 1. The number of benzene rings is 1. The van der Waals surface area contributed by atoms with Gasteiger partial charge < -0.3 is 9.30 Å². The number of nitrogens with one attached hydrogen (secondary N) is 1. The van der Waals surface area contributed by atoms with Gasteiger partial charge in [0.1, 0.15) is 10.8 Å². The van der Waals surface area contributed by atoms with Gasteiger partial charge in [-0.25, -0.2) is 0 Å². The molecule has 10 heteroatoms. The SMILES string of the molecule is CCOc1ccccc1-c1nnc(SCC(=O)Nc2nnc(CC)s2)n1C. The topological polar surface area (TPSA) is 94.8 Å². The number of aryl methyl sites for hydroxylation is 1. The number of para-hydroxylation sites is 1. The fourth-order valence-electron chi connectivity index (χ4n) is 2.34. The average molecular weight is 405 g/mol. The second-order valence-corrected chi connectivity index (χ2v) is 7.49. The predicted octanol–water partition coefficient (Wildman–Crippen LogP) is 3.03. The fourth-order valence-corrected chi connectivity index (χ4v) is 3.75. The van der Waals surface area contributed by atoms with Gasteiger partial charge in [-0.15, -0.1) is 20.4 Å². The molecule has 0 aliphatic heterocycles. The molecule has 0 radical (unpaired) electrons. The monoisotopic (exact) mass is 404 g/mol. The highest BCUT2D eigenvalue weighted by atomic mass is 32.2. The lowest BCUT2D eigenvalue weighted by molar-refractivity contribution is -0.113. The van der Waals surface area contributed by atoms with Crippen LogP contribution >= 0.6 is 23.1 Å². The average Bonchev–Trinajstić information content (AvgIpc) is 3.27. The van der Waals surface area contributed by atoms with Crippen LogP contribution in [0.2, 0.25) is 0 Å². The van der Waals surface area contributed by atoms with Crippen molar-refractivity contribution in [2.45, 2.75) is 25.4 Å². The smallest absolute Gasteiger partial charge is 0.236 e. The van der Waals surface area contributed by atoms with E-state index in [1.54, 1.807) is 0 Å². The van der Waals surface area contributed by atoms with Gasteiger partial charge in [-0.3, -0.25) is 10.1 Å². The van der Waals surface area contributed by atoms with Gasteiger partial charge in [-0.1, -0.05) is 42.2 Å². The summed E-state index contributed by atoms with van der Waals surface area (Å²) in [6.07, 6.45) is 0.799. The Morgan fingerprint density at radius 1 is 1.22 bits per heavy atom. The standard InChI is InChI=1S/C17H20N6O2S2/c1-4-14-19-21-16(27-14)18-13(24)10-26-17-22-20-15(23(17)3)11-8-6-7-9-12(11)25-5-2/h6-9H,4-5,10H2,1-3H3,(H,18,21,24). The second-order valence-electron chi connectivity index (χ2n) is 5.49.